The smallest absolute Gasteiger partial charge is 0.320 e. The molecule has 0 spiro atoms. The van der Waals surface area contributed by atoms with Crippen molar-refractivity contribution in [1.29, 1.82) is 0 Å². The molecule has 9 heteroatoms. The van der Waals surface area contributed by atoms with Gasteiger partial charge in [-0.1, -0.05) is 13.8 Å². The molecule has 0 fully saturated rings. The fourth-order valence-corrected chi connectivity index (χ4v) is 0.329. The van der Waals surface area contributed by atoms with E-state index in [0.717, 1.165) is 0 Å². The fourth-order valence-electron chi connectivity index (χ4n) is 0.329. The van der Waals surface area contributed by atoms with Crippen molar-refractivity contribution in [3.63, 3.8) is 0 Å². The molecule has 0 aromatic rings. The molecule has 0 unspecified atom stereocenters. The summed E-state index contributed by atoms with van der Waals surface area (Å²) in [7, 11) is 0. The van der Waals surface area contributed by atoms with E-state index in [-0.39, 0.29) is 12.5 Å². The molecule has 0 heterocycles. The second-order valence-electron chi connectivity index (χ2n) is 3.90. The average molecular weight is 280 g/mol. The third-order valence-corrected chi connectivity index (χ3v) is 1.61. The van der Waals surface area contributed by atoms with Gasteiger partial charge in [0.2, 0.25) is 5.91 Å². The van der Waals surface area contributed by atoms with E-state index in [2.05, 4.69) is 5.73 Å². The maximum atomic E-state index is 10.2. The molecule has 0 aliphatic rings. The van der Waals surface area contributed by atoms with Crippen molar-refractivity contribution in [3.05, 3.63) is 0 Å². The van der Waals surface area contributed by atoms with Gasteiger partial charge in [0.1, 0.15) is 6.04 Å². The van der Waals surface area contributed by atoms with Crippen LogP contribution in [0.5, 0.6) is 0 Å². The lowest BCUT2D eigenvalue weighted by Gasteiger charge is -2.09. The first-order valence-corrected chi connectivity index (χ1v) is 5.42. The van der Waals surface area contributed by atoms with Crippen molar-refractivity contribution >= 4 is 17.8 Å². The van der Waals surface area contributed by atoms with Crippen molar-refractivity contribution in [2.45, 2.75) is 32.9 Å². The molecule has 0 aliphatic carbocycles. The number of hydrogen-bond acceptors (Lipinski definition) is 6. The molecular formula is C10H24N4O5. The van der Waals surface area contributed by atoms with Crippen molar-refractivity contribution in [2.75, 3.05) is 6.54 Å². The van der Waals surface area contributed by atoms with Crippen LogP contribution in [-0.4, -0.2) is 46.7 Å². The highest BCUT2D eigenvalue weighted by Gasteiger charge is 2.12. The summed E-state index contributed by atoms with van der Waals surface area (Å²) < 4.78 is 0. The summed E-state index contributed by atoms with van der Waals surface area (Å²) in [5.41, 5.74) is 19.6. The van der Waals surface area contributed by atoms with Gasteiger partial charge in [-0.05, 0) is 12.8 Å². The molecule has 114 valence electrons. The molecule has 0 aromatic carbocycles. The average Bonchev–Trinajstić information content (AvgIpc) is 2.28. The third-order valence-electron chi connectivity index (χ3n) is 1.61. The standard InChI is InChI=1S/C5H12N2O.C3H7NO2.C2H5NO2/c1-3(2)4(6)5(7)8;1-2(4)3(5)6;3-1-2(4)5/h3-4H,6H2,1-2H3,(H2,7,8);2H,4H2,1H3,(H,5,6);1,3H2,(H,4,5)/t4-;2-;/m00./s1. The number of hydrogen-bond donors (Lipinski definition) is 6. The number of carbonyl (C=O) groups is 3. The zero-order valence-corrected chi connectivity index (χ0v) is 11.4. The Kier molecular flexibility index (Phi) is 15.1. The molecule has 0 aromatic heterocycles. The minimum Gasteiger partial charge on any atom is -0.480 e. The topological polar surface area (TPSA) is 196 Å². The number of carboxylic acids is 2. The highest BCUT2D eigenvalue weighted by Crippen LogP contribution is 1.95. The molecule has 0 radical (unpaired) electrons. The molecule has 0 saturated heterocycles. The quantitative estimate of drug-likeness (QED) is 0.336. The number of carbonyl (C=O) groups excluding carboxylic acids is 1. The first-order chi connectivity index (χ1) is 8.47. The van der Waals surface area contributed by atoms with E-state index in [1.54, 1.807) is 0 Å². The van der Waals surface area contributed by atoms with Crippen LogP contribution in [0.1, 0.15) is 20.8 Å². The predicted molar refractivity (Wildman–Crippen MR) is 70.0 cm³/mol. The Balaban J connectivity index is -0.000000209. The minimum absolute atomic E-state index is 0.146. The maximum Gasteiger partial charge on any atom is 0.320 e. The monoisotopic (exact) mass is 280 g/mol. The zero-order valence-electron chi connectivity index (χ0n) is 11.4. The highest BCUT2D eigenvalue weighted by molar-refractivity contribution is 5.79. The Hall–Kier alpha value is -1.71. The summed E-state index contributed by atoms with van der Waals surface area (Å²) in [6.45, 7) is 4.85. The van der Waals surface area contributed by atoms with E-state index in [1.165, 1.54) is 6.92 Å². The van der Waals surface area contributed by atoms with Crippen molar-refractivity contribution < 1.29 is 24.6 Å². The Morgan fingerprint density at radius 2 is 1.32 bits per heavy atom. The van der Waals surface area contributed by atoms with Gasteiger partial charge in [0, 0.05) is 0 Å². The minimum atomic E-state index is -0.968. The predicted octanol–water partition coefficient (Wildman–Crippen LogP) is -2.10. The summed E-state index contributed by atoms with van der Waals surface area (Å²) in [4.78, 5) is 29.1. The van der Waals surface area contributed by atoms with Crippen LogP contribution in [0.3, 0.4) is 0 Å². The van der Waals surface area contributed by atoms with Gasteiger partial charge in [-0.2, -0.15) is 0 Å². The lowest BCUT2D eigenvalue weighted by molar-refractivity contribution is -0.138. The van der Waals surface area contributed by atoms with Crippen molar-refractivity contribution in [1.82, 2.24) is 0 Å². The lowest BCUT2D eigenvalue weighted by atomic mass is 10.1. The normalized spacial score (nSPS) is 12.2. The van der Waals surface area contributed by atoms with E-state index in [1.807, 2.05) is 13.8 Å². The molecule has 0 rings (SSSR count). The third kappa shape index (κ3) is 22.0. The molecule has 10 N–H and O–H groups in total. The van der Waals surface area contributed by atoms with Crippen LogP contribution in [0.15, 0.2) is 0 Å². The van der Waals surface area contributed by atoms with Crippen molar-refractivity contribution in [3.8, 4) is 0 Å². The SMILES string of the molecule is CC(C)[C@H](N)C(N)=O.C[C@H](N)C(=O)O.NCC(=O)O. The van der Waals surface area contributed by atoms with Crippen molar-refractivity contribution in [2.24, 2.45) is 28.9 Å². The number of rotatable bonds is 4. The summed E-state index contributed by atoms with van der Waals surface area (Å²) in [6.07, 6.45) is 0. The zero-order chi connectivity index (χ0) is 16.2. The van der Waals surface area contributed by atoms with Crippen LogP contribution in [0.25, 0.3) is 0 Å². The van der Waals surface area contributed by atoms with E-state index in [0.29, 0.717) is 0 Å². The molecule has 0 saturated carbocycles. The van der Waals surface area contributed by atoms with Gasteiger partial charge in [0.05, 0.1) is 12.6 Å². The van der Waals surface area contributed by atoms with Crippen LogP contribution < -0.4 is 22.9 Å². The Labute approximate surface area is 111 Å². The molecule has 2 atom stereocenters. The number of aliphatic carboxylic acids is 2. The fraction of sp³-hybridized carbons (Fsp3) is 0.700. The Morgan fingerprint density at radius 1 is 1.05 bits per heavy atom. The summed E-state index contributed by atoms with van der Waals surface area (Å²) in [5, 5.41) is 15.5. The van der Waals surface area contributed by atoms with Gasteiger partial charge >= 0.3 is 11.9 Å². The first kappa shape index (κ1) is 22.5. The highest BCUT2D eigenvalue weighted by atomic mass is 16.4. The van der Waals surface area contributed by atoms with Gasteiger partial charge in [0.25, 0.3) is 0 Å². The molecule has 0 aliphatic heterocycles. The van der Waals surface area contributed by atoms with Crippen LogP contribution in [0.4, 0.5) is 0 Å². The van der Waals surface area contributed by atoms with Gasteiger partial charge in [-0.3, -0.25) is 14.4 Å². The number of primary amides is 1. The molecule has 19 heavy (non-hydrogen) atoms. The van der Waals surface area contributed by atoms with Gasteiger partial charge in [-0.15, -0.1) is 0 Å². The molecule has 0 bridgehead atoms. The maximum absolute atomic E-state index is 10.2. The van der Waals surface area contributed by atoms with Gasteiger partial charge < -0.3 is 33.1 Å². The Bertz CT molecular complexity index is 281. The molecule has 9 nitrogen and oxygen atoms in total. The molecular weight excluding hydrogens is 256 g/mol. The van der Waals surface area contributed by atoms with Gasteiger partial charge in [-0.25, -0.2) is 0 Å². The largest absolute Gasteiger partial charge is 0.480 e. The first-order valence-electron chi connectivity index (χ1n) is 5.42. The number of carboxylic acid groups (broad SMARTS) is 2. The summed E-state index contributed by atoms with van der Waals surface area (Å²) in [5.74, 6) is -2.22. The Morgan fingerprint density at radius 3 is 1.32 bits per heavy atom. The number of amides is 1. The van der Waals surface area contributed by atoms with Gasteiger partial charge in [0.15, 0.2) is 0 Å². The summed E-state index contributed by atoms with van der Waals surface area (Å²) in [6, 6.07) is -1.22. The second kappa shape index (κ2) is 12.7. The summed E-state index contributed by atoms with van der Waals surface area (Å²) >= 11 is 0. The van der Waals surface area contributed by atoms with E-state index in [4.69, 9.17) is 27.4 Å². The lowest BCUT2D eigenvalue weighted by Crippen LogP contribution is -2.40. The van der Waals surface area contributed by atoms with E-state index < -0.39 is 29.9 Å². The van der Waals surface area contributed by atoms with Crippen LogP contribution in [0.2, 0.25) is 0 Å². The van der Waals surface area contributed by atoms with Crippen LogP contribution in [-0.2, 0) is 14.4 Å². The molecule has 1 amide bonds. The second-order valence-corrected chi connectivity index (χ2v) is 3.90. The van der Waals surface area contributed by atoms with Crippen LogP contribution in [0, 0.1) is 5.92 Å². The van der Waals surface area contributed by atoms with E-state index in [9.17, 15) is 14.4 Å². The number of nitrogens with two attached hydrogens (primary N) is 4. The van der Waals surface area contributed by atoms with Crippen LogP contribution >= 0.6 is 0 Å². The van der Waals surface area contributed by atoms with E-state index >= 15 is 0 Å².